The zero-order valence-corrected chi connectivity index (χ0v) is 12.8. The molecule has 0 spiro atoms. The molecule has 3 heteroatoms. The summed E-state index contributed by atoms with van der Waals surface area (Å²) in [6.45, 7) is 2.21. The van der Waals surface area contributed by atoms with Gasteiger partial charge in [0.1, 0.15) is 0 Å². The first kappa shape index (κ1) is 13.8. The van der Waals surface area contributed by atoms with Crippen LogP contribution in [0.1, 0.15) is 18.5 Å². The Morgan fingerprint density at radius 2 is 1.62 bits per heavy atom. The van der Waals surface area contributed by atoms with Gasteiger partial charge in [-0.3, -0.25) is 0 Å². The third-order valence-electron chi connectivity index (χ3n) is 3.69. The second-order valence-electron chi connectivity index (χ2n) is 5.25. The lowest BCUT2D eigenvalue weighted by Gasteiger charge is -2.17. The number of imidazole rings is 1. The van der Waals surface area contributed by atoms with Gasteiger partial charge in [0.05, 0.1) is 5.69 Å². The second kappa shape index (κ2) is 6.10. The van der Waals surface area contributed by atoms with Gasteiger partial charge < -0.3 is 9.55 Å². The van der Waals surface area contributed by atoms with Gasteiger partial charge in [0, 0.05) is 12.2 Å². The number of nitrogens with one attached hydrogen (secondary N) is 1. The topological polar surface area (TPSA) is 20.7 Å². The van der Waals surface area contributed by atoms with Crippen molar-refractivity contribution in [3.63, 3.8) is 0 Å². The summed E-state index contributed by atoms with van der Waals surface area (Å²) in [7, 11) is 0. The number of hydrogen-bond acceptors (Lipinski definition) is 1. The van der Waals surface area contributed by atoms with Crippen LogP contribution in [0, 0.1) is 4.77 Å². The van der Waals surface area contributed by atoms with E-state index in [1.807, 2.05) is 18.3 Å². The molecule has 1 atom stereocenters. The van der Waals surface area contributed by atoms with E-state index in [2.05, 4.69) is 65.0 Å². The maximum absolute atomic E-state index is 5.47. The maximum Gasteiger partial charge on any atom is 0.177 e. The Labute approximate surface area is 130 Å². The molecule has 0 aliphatic rings. The number of aromatic amines is 1. The monoisotopic (exact) mass is 294 g/mol. The predicted molar refractivity (Wildman–Crippen MR) is 89.9 cm³/mol. The molecule has 106 valence electrons. The molecule has 0 radical (unpaired) electrons. The highest BCUT2D eigenvalue weighted by molar-refractivity contribution is 7.71. The third kappa shape index (κ3) is 2.98. The summed E-state index contributed by atoms with van der Waals surface area (Å²) < 4.78 is 2.98. The van der Waals surface area contributed by atoms with Crippen molar-refractivity contribution in [1.29, 1.82) is 0 Å². The molecule has 0 aliphatic carbocycles. The highest BCUT2D eigenvalue weighted by atomic mass is 32.1. The number of benzene rings is 2. The molecule has 0 aliphatic heterocycles. The van der Waals surface area contributed by atoms with Crippen LogP contribution in [0.3, 0.4) is 0 Å². The van der Waals surface area contributed by atoms with Gasteiger partial charge in [-0.25, -0.2) is 0 Å². The predicted octanol–water partition coefficient (Wildman–Crippen LogP) is 5.02. The molecule has 0 fully saturated rings. The van der Waals surface area contributed by atoms with Crippen LogP contribution in [0.5, 0.6) is 0 Å². The Bertz CT molecular complexity index is 757. The molecule has 2 aromatic carbocycles. The zero-order valence-electron chi connectivity index (χ0n) is 12.0. The summed E-state index contributed by atoms with van der Waals surface area (Å²) >= 11 is 5.47. The Morgan fingerprint density at radius 3 is 2.29 bits per heavy atom. The van der Waals surface area contributed by atoms with Crippen LogP contribution in [-0.2, 0) is 6.42 Å². The Balaban J connectivity index is 1.95. The van der Waals surface area contributed by atoms with Crippen molar-refractivity contribution in [3.8, 4) is 11.3 Å². The average Bonchev–Trinajstić information content (AvgIpc) is 2.91. The summed E-state index contributed by atoms with van der Waals surface area (Å²) in [6, 6.07) is 21.2. The van der Waals surface area contributed by atoms with E-state index >= 15 is 0 Å². The first-order valence-electron chi connectivity index (χ1n) is 7.15. The van der Waals surface area contributed by atoms with E-state index in [1.54, 1.807) is 0 Å². The molecule has 3 aromatic rings. The van der Waals surface area contributed by atoms with E-state index in [-0.39, 0.29) is 0 Å². The maximum atomic E-state index is 5.47. The molecular weight excluding hydrogens is 276 g/mol. The molecule has 3 rings (SSSR count). The smallest absolute Gasteiger partial charge is 0.177 e. The lowest BCUT2D eigenvalue weighted by molar-refractivity contribution is 0.543. The number of rotatable bonds is 4. The van der Waals surface area contributed by atoms with Crippen molar-refractivity contribution in [2.24, 2.45) is 0 Å². The summed E-state index contributed by atoms with van der Waals surface area (Å²) in [4.78, 5) is 3.18. The quantitative estimate of drug-likeness (QED) is 0.670. The highest BCUT2D eigenvalue weighted by Crippen LogP contribution is 2.25. The largest absolute Gasteiger partial charge is 0.337 e. The minimum atomic E-state index is 0.307. The number of hydrogen-bond donors (Lipinski definition) is 1. The molecular formula is C18H18N2S. The van der Waals surface area contributed by atoms with E-state index < -0.39 is 0 Å². The fourth-order valence-electron chi connectivity index (χ4n) is 2.69. The van der Waals surface area contributed by atoms with Crippen LogP contribution in [0.25, 0.3) is 11.3 Å². The van der Waals surface area contributed by atoms with Crippen molar-refractivity contribution < 1.29 is 0 Å². The number of H-pyrrole nitrogens is 1. The van der Waals surface area contributed by atoms with E-state index in [0.29, 0.717) is 6.04 Å². The number of aromatic nitrogens is 2. The number of nitrogens with zero attached hydrogens (tertiary/aromatic N) is 1. The molecule has 0 saturated carbocycles. The first-order chi connectivity index (χ1) is 10.3. The van der Waals surface area contributed by atoms with E-state index in [1.165, 1.54) is 11.1 Å². The van der Waals surface area contributed by atoms with Crippen LogP contribution in [-0.4, -0.2) is 9.55 Å². The van der Waals surface area contributed by atoms with Crippen LogP contribution >= 0.6 is 12.2 Å². The van der Waals surface area contributed by atoms with Crippen molar-refractivity contribution in [2.75, 3.05) is 0 Å². The van der Waals surface area contributed by atoms with E-state index in [4.69, 9.17) is 12.2 Å². The van der Waals surface area contributed by atoms with Crippen molar-refractivity contribution >= 4 is 12.2 Å². The van der Waals surface area contributed by atoms with Gasteiger partial charge in [0.2, 0.25) is 0 Å². The molecule has 2 nitrogen and oxygen atoms in total. The van der Waals surface area contributed by atoms with Crippen molar-refractivity contribution in [3.05, 3.63) is 77.2 Å². The minimum Gasteiger partial charge on any atom is -0.337 e. The van der Waals surface area contributed by atoms with Crippen LogP contribution < -0.4 is 0 Å². The van der Waals surface area contributed by atoms with Gasteiger partial charge in [-0.15, -0.1) is 0 Å². The SMILES string of the molecule is CC(Cc1ccccc1)n1c(-c2ccccc2)c[nH]c1=S. The zero-order chi connectivity index (χ0) is 14.7. The molecule has 21 heavy (non-hydrogen) atoms. The molecule has 1 unspecified atom stereocenters. The molecule has 1 aromatic heterocycles. The fourth-order valence-corrected chi connectivity index (χ4v) is 3.03. The Morgan fingerprint density at radius 1 is 1.00 bits per heavy atom. The summed E-state index contributed by atoms with van der Waals surface area (Å²) in [5, 5.41) is 0. The lowest BCUT2D eigenvalue weighted by atomic mass is 10.1. The third-order valence-corrected chi connectivity index (χ3v) is 4.01. The van der Waals surface area contributed by atoms with Gasteiger partial charge in [0.15, 0.2) is 4.77 Å². The van der Waals surface area contributed by atoms with Crippen molar-refractivity contribution in [1.82, 2.24) is 9.55 Å². The van der Waals surface area contributed by atoms with Crippen molar-refractivity contribution in [2.45, 2.75) is 19.4 Å². The Hall–Kier alpha value is -2.13. The van der Waals surface area contributed by atoms with Crippen LogP contribution in [0.4, 0.5) is 0 Å². The van der Waals surface area contributed by atoms with Gasteiger partial charge in [0.25, 0.3) is 0 Å². The van der Waals surface area contributed by atoms with Crippen LogP contribution in [0.2, 0.25) is 0 Å². The van der Waals surface area contributed by atoms with E-state index in [0.717, 1.165) is 16.9 Å². The first-order valence-corrected chi connectivity index (χ1v) is 7.56. The van der Waals surface area contributed by atoms with Gasteiger partial charge in [-0.05, 0) is 36.7 Å². The summed E-state index contributed by atoms with van der Waals surface area (Å²) in [5.41, 5.74) is 3.65. The molecule has 1 heterocycles. The fraction of sp³-hybridized carbons (Fsp3) is 0.167. The summed E-state index contributed by atoms with van der Waals surface area (Å²) in [5.74, 6) is 0. The highest BCUT2D eigenvalue weighted by Gasteiger charge is 2.13. The average molecular weight is 294 g/mol. The van der Waals surface area contributed by atoms with Crippen LogP contribution in [0.15, 0.2) is 66.9 Å². The lowest BCUT2D eigenvalue weighted by Crippen LogP contribution is -2.09. The van der Waals surface area contributed by atoms with Gasteiger partial charge >= 0.3 is 0 Å². The molecule has 0 saturated heterocycles. The minimum absolute atomic E-state index is 0.307. The van der Waals surface area contributed by atoms with Gasteiger partial charge in [-0.1, -0.05) is 60.7 Å². The second-order valence-corrected chi connectivity index (χ2v) is 5.64. The molecule has 0 amide bonds. The normalized spacial score (nSPS) is 12.2. The standard InChI is InChI=1S/C18H18N2S/c1-14(12-15-8-4-2-5-9-15)20-17(13-19-18(20)21)16-10-6-3-7-11-16/h2-11,13-14H,12H2,1H3,(H,19,21). The summed E-state index contributed by atoms with van der Waals surface area (Å²) in [6.07, 6.45) is 2.96. The van der Waals surface area contributed by atoms with E-state index in [9.17, 15) is 0 Å². The molecule has 0 bridgehead atoms. The van der Waals surface area contributed by atoms with Gasteiger partial charge in [-0.2, -0.15) is 0 Å². The molecule has 1 N–H and O–H groups in total. The Kier molecular flexibility index (Phi) is 4.02.